The average Bonchev–Trinajstić information content (AvgIpc) is 3.95. The molecule has 0 saturated carbocycles. The van der Waals surface area contributed by atoms with Crippen molar-refractivity contribution in [2.24, 2.45) is 0 Å². The molecule has 300 valence electrons. The second kappa shape index (κ2) is 14.1. The van der Waals surface area contributed by atoms with Crippen molar-refractivity contribution < 1.29 is 0 Å². The molecule has 0 amide bonds. The summed E-state index contributed by atoms with van der Waals surface area (Å²) < 4.78 is 0. The van der Waals surface area contributed by atoms with Gasteiger partial charge in [-0.05, 0) is 136 Å². The molecular weight excluding hydrogens is 769 g/mol. The number of rotatable bonds is 6. The number of fused-ring (bicyclic) bond motifs is 9. The fraction of sp³-hybridized carbons (Fsp3) is 0.0625. The molecule has 64 heavy (non-hydrogen) atoms. The van der Waals surface area contributed by atoms with Gasteiger partial charge in [0.15, 0.2) is 0 Å². The average molecular weight is 813 g/mol. The van der Waals surface area contributed by atoms with E-state index in [4.69, 9.17) is 0 Å². The lowest BCUT2D eigenvalue weighted by Gasteiger charge is -2.34. The van der Waals surface area contributed by atoms with Gasteiger partial charge in [-0.15, -0.1) is 0 Å². The smallest absolute Gasteiger partial charge is 0.0622 e. The van der Waals surface area contributed by atoms with Gasteiger partial charge < -0.3 is 0 Å². The molecule has 0 heteroatoms. The van der Waals surface area contributed by atoms with Gasteiger partial charge in [0.25, 0.3) is 0 Å². The lowest BCUT2D eigenvalue weighted by Crippen LogP contribution is -2.28. The number of benzene rings is 10. The first-order valence-corrected chi connectivity index (χ1v) is 22.7. The molecule has 10 aromatic rings. The first kappa shape index (κ1) is 36.8. The fourth-order valence-corrected chi connectivity index (χ4v) is 12.1. The summed E-state index contributed by atoms with van der Waals surface area (Å²) in [5, 5.41) is 0. The lowest BCUT2D eigenvalue weighted by atomic mass is 9.67. The molecule has 0 nitrogen and oxygen atoms in total. The zero-order valence-corrected chi connectivity index (χ0v) is 35.7. The van der Waals surface area contributed by atoms with E-state index in [2.05, 4.69) is 250 Å². The molecule has 10 aromatic carbocycles. The van der Waals surface area contributed by atoms with E-state index in [1.54, 1.807) is 0 Å². The highest BCUT2D eigenvalue weighted by Gasteiger charge is 2.47. The Kier molecular flexibility index (Phi) is 8.12. The summed E-state index contributed by atoms with van der Waals surface area (Å²) in [6.45, 7) is 2.39. The zero-order chi connectivity index (χ0) is 42.4. The van der Waals surface area contributed by atoms with Crippen LogP contribution >= 0.6 is 0 Å². The van der Waals surface area contributed by atoms with Crippen LogP contribution in [0.3, 0.4) is 0 Å². The molecule has 0 atom stereocenters. The minimum Gasteiger partial charge on any atom is -0.0622 e. The summed E-state index contributed by atoms with van der Waals surface area (Å²) in [6.07, 6.45) is 0. The van der Waals surface area contributed by atoms with Gasteiger partial charge in [0.05, 0.1) is 10.8 Å². The molecule has 0 saturated heterocycles. The van der Waals surface area contributed by atoms with Gasteiger partial charge in [-0.1, -0.05) is 225 Å². The van der Waals surface area contributed by atoms with Crippen molar-refractivity contribution in [1.29, 1.82) is 0 Å². The fourth-order valence-electron chi connectivity index (χ4n) is 12.1. The second-order valence-corrected chi connectivity index (χ2v) is 17.9. The summed E-state index contributed by atoms with van der Waals surface area (Å²) in [5.41, 5.74) is 25.3. The minimum absolute atomic E-state index is 0.253. The van der Waals surface area contributed by atoms with Crippen LogP contribution in [0.4, 0.5) is 0 Å². The van der Waals surface area contributed by atoms with Gasteiger partial charge in [0.1, 0.15) is 0 Å². The Labute approximate surface area is 375 Å². The Balaban J connectivity index is 0.909. The van der Waals surface area contributed by atoms with Crippen LogP contribution in [-0.4, -0.2) is 0 Å². The quantitative estimate of drug-likeness (QED) is 0.157. The maximum absolute atomic E-state index is 2.49. The van der Waals surface area contributed by atoms with Crippen LogP contribution in [0.5, 0.6) is 0 Å². The van der Waals surface area contributed by atoms with E-state index in [0.717, 1.165) is 0 Å². The maximum Gasteiger partial charge on any atom is 0.0713 e. The first-order valence-electron chi connectivity index (χ1n) is 22.7. The Hall–Kier alpha value is -7.80. The molecule has 0 heterocycles. The molecule has 0 spiro atoms. The van der Waals surface area contributed by atoms with Crippen molar-refractivity contribution in [3.05, 3.63) is 298 Å². The zero-order valence-electron chi connectivity index (χ0n) is 35.7. The minimum atomic E-state index is -0.427. The molecule has 0 N–H and O–H groups in total. The van der Waals surface area contributed by atoms with E-state index in [1.165, 1.54) is 111 Å². The van der Waals surface area contributed by atoms with E-state index in [9.17, 15) is 0 Å². The molecular formula is C64H44. The maximum atomic E-state index is 2.49. The van der Waals surface area contributed by atoms with Crippen LogP contribution in [0.25, 0.3) is 55.6 Å². The molecule has 0 radical (unpaired) electrons. The van der Waals surface area contributed by atoms with Crippen molar-refractivity contribution in [2.45, 2.75) is 23.7 Å². The standard InChI is InChI=1S/C64H44/c1-42-57-38-43(45-32-36-55-53-26-14-16-28-59(53)63(61(55)40-45,47-18-6-2-7-19-47)48-20-8-3-9-21-48)30-34-51(57)52-35-31-44(39-58(42)52)46-33-37-56-54-27-15-17-29-60(54)64(62(56)41-46,49-22-10-4-11-23-49)50-24-12-5-13-25-50/h2-42H,1H3. The topological polar surface area (TPSA) is 0 Å². The van der Waals surface area contributed by atoms with E-state index in [-0.39, 0.29) is 5.92 Å². The van der Waals surface area contributed by atoms with E-state index in [1.807, 2.05) is 0 Å². The SMILES string of the molecule is CC1c2cc(-c3ccc4c(c3)C(c3ccccc3)(c3ccccc3)c3ccccc3-4)ccc2-c2ccc(-c3ccc4c(c3)C(c3ccccc3)(c3ccccc3)c3ccccc3-4)cc21. The van der Waals surface area contributed by atoms with E-state index >= 15 is 0 Å². The highest BCUT2D eigenvalue weighted by molar-refractivity contribution is 5.91. The molecule has 0 unspecified atom stereocenters. The van der Waals surface area contributed by atoms with Gasteiger partial charge in [-0.25, -0.2) is 0 Å². The Morgan fingerprint density at radius 3 is 0.891 bits per heavy atom. The van der Waals surface area contributed by atoms with Crippen LogP contribution in [0, 0.1) is 0 Å². The Morgan fingerprint density at radius 2 is 0.531 bits per heavy atom. The van der Waals surface area contributed by atoms with Crippen LogP contribution in [0.2, 0.25) is 0 Å². The molecule has 0 aromatic heterocycles. The lowest BCUT2D eigenvalue weighted by molar-refractivity contribution is 0.769. The van der Waals surface area contributed by atoms with Crippen molar-refractivity contribution in [3.8, 4) is 55.6 Å². The van der Waals surface area contributed by atoms with Gasteiger partial charge in [0, 0.05) is 5.92 Å². The molecule has 3 aliphatic rings. The third kappa shape index (κ3) is 5.06. The summed E-state index contributed by atoms with van der Waals surface area (Å²) >= 11 is 0. The van der Waals surface area contributed by atoms with Gasteiger partial charge >= 0.3 is 0 Å². The highest BCUT2D eigenvalue weighted by atomic mass is 14.5. The highest BCUT2D eigenvalue weighted by Crippen LogP contribution is 2.59. The van der Waals surface area contributed by atoms with Crippen LogP contribution in [-0.2, 0) is 10.8 Å². The summed E-state index contributed by atoms with van der Waals surface area (Å²) in [5.74, 6) is 0.253. The summed E-state index contributed by atoms with van der Waals surface area (Å²) in [6, 6.07) is 91.2. The second-order valence-electron chi connectivity index (χ2n) is 17.9. The van der Waals surface area contributed by atoms with E-state index in [0.29, 0.717) is 0 Å². The first-order chi connectivity index (χ1) is 31.7. The van der Waals surface area contributed by atoms with Crippen LogP contribution in [0.15, 0.2) is 243 Å². The molecule has 0 bridgehead atoms. The van der Waals surface area contributed by atoms with Gasteiger partial charge in [-0.2, -0.15) is 0 Å². The molecule has 0 fully saturated rings. The number of hydrogen-bond acceptors (Lipinski definition) is 0. The largest absolute Gasteiger partial charge is 0.0713 e. The number of hydrogen-bond donors (Lipinski definition) is 0. The Morgan fingerprint density at radius 1 is 0.250 bits per heavy atom. The predicted octanol–water partition coefficient (Wildman–Crippen LogP) is 15.9. The summed E-state index contributed by atoms with van der Waals surface area (Å²) in [7, 11) is 0. The Bertz CT molecular complexity index is 3120. The van der Waals surface area contributed by atoms with Crippen molar-refractivity contribution >= 4 is 0 Å². The summed E-state index contributed by atoms with van der Waals surface area (Å²) in [4.78, 5) is 0. The molecule has 3 aliphatic carbocycles. The van der Waals surface area contributed by atoms with E-state index < -0.39 is 10.8 Å². The van der Waals surface area contributed by atoms with Crippen molar-refractivity contribution in [3.63, 3.8) is 0 Å². The molecule has 0 aliphatic heterocycles. The molecule has 13 rings (SSSR count). The monoisotopic (exact) mass is 812 g/mol. The predicted molar refractivity (Wildman–Crippen MR) is 265 cm³/mol. The third-order valence-corrected chi connectivity index (χ3v) is 14.9. The van der Waals surface area contributed by atoms with Gasteiger partial charge in [0.2, 0.25) is 0 Å². The third-order valence-electron chi connectivity index (χ3n) is 14.9. The van der Waals surface area contributed by atoms with Crippen molar-refractivity contribution in [2.75, 3.05) is 0 Å². The normalized spacial score (nSPS) is 14.5. The van der Waals surface area contributed by atoms with Gasteiger partial charge in [-0.3, -0.25) is 0 Å². The van der Waals surface area contributed by atoms with Crippen LogP contribution in [0.1, 0.15) is 68.5 Å². The van der Waals surface area contributed by atoms with Crippen molar-refractivity contribution in [1.82, 2.24) is 0 Å². The van der Waals surface area contributed by atoms with Crippen LogP contribution < -0.4 is 0 Å².